The van der Waals surface area contributed by atoms with Gasteiger partial charge < -0.3 is 10.1 Å². The Labute approximate surface area is 189 Å². The molecule has 9 heteroatoms. The van der Waals surface area contributed by atoms with Crippen LogP contribution in [0.25, 0.3) is 0 Å². The molecule has 0 amide bonds. The summed E-state index contributed by atoms with van der Waals surface area (Å²) in [6.07, 6.45) is 2.34. The van der Waals surface area contributed by atoms with Crippen LogP contribution in [0, 0.1) is 16.0 Å². The summed E-state index contributed by atoms with van der Waals surface area (Å²) in [5, 5.41) is 14.9. The molecule has 0 atom stereocenters. The lowest BCUT2D eigenvalue weighted by atomic mass is 10.1. The second kappa shape index (κ2) is 10.3. The first-order valence-corrected chi connectivity index (χ1v) is 12.4. The van der Waals surface area contributed by atoms with Gasteiger partial charge in [-0.3, -0.25) is 14.4 Å². The van der Waals surface area contributed by atoms with Gasteiger partial charge in [-0.25, -0.2) is 8.42 Å². The Kier molecular flexibility index (Phi) is 7.73. The number of rotatable bonds is 9. The predicted molar refractivity (Wildman–Crippen MR) is 126 cm³/mol. The summed E-state index contributed by atoms with van der Waals surface area (Å²) < 4.78 is 33.8. The first-order valence-electron chi connectivity index (χ1n) is 11.0. The van der Waals surface area contributed by atoms with Crippen molar-refractivity contribution in [3.63, 3.8) is 0 Å². The van der Waals surface area contributed by atoms with Crippen molar-refractivity contribution in [2.75, 3.05) is 29.4 Å². The van der Waals surface area contributed by atoms with Crippen LogP contribution in [0.4, 0.5) is 17.1 Å². The lowest BCUT2D eigenvalue weighted by Gasteiger charge is -2.27. The zero-order valence-electron chi connectivity index (χ0n) is 18.8. The molecule has 3 rings (SSSR count). The number of nitrogens with zero attached hydrogens (tertiary/aromatic N) is 2. The zero-order chi connectivity index (χ0) is 23.3. The number of aryl methyl sites for hydroxylation is 1. The number of hydrogen-bond donors (Lipinski definition) is 1. The summed E-state index contributed by atoms with van der Waals surface area (Å²) in [6.45, 7) is 7.37. The third-order valence-electron chi connectivity index (χ3n) is 5.50. The molecule has 1 fully saturated rings. The van der Waals surface area contributed by atoms with Gasteiger partial charge in [0.05, 0.1) is 15.5 Å². The Morgan fingerprint density at radius 1 is 1.16 bits per heavy atom. The maximum Gasteiger partial charge on any atom is 0.293 e. The molecule has 0 unspecified atom stereocenters. The van der Waals surface area contributed by atoms with Crippen LogP contribution in [0.2, 0.25) is 0 Å². The summed E-state index contributed by atoms with van der Waals surface area (Å²) in [6, 6.07) is 11.5. The first-order chi connectivity index (χ1) is 15.2. The highest BCUT2D eigenvalue weighted by Crippen LogP contribution is 2.32. The molecule has 32 heavy (non-hydrogen) atoms. The monoisotopic (exact) mass is 461 g/mol. The molecule has 2 aromatic rings. The van der Waals surface area contributed by atoms with Gasteiger partial charge in [-0.15, -0.1) is 0 Å². The SMILES string of the molecule is CCc1ccc(N(CC(C)C)S(=O)(=O)c2ccc(NC3CCOCC3)c([N+](=O)[O-])c2)cc1. The van der Waals surface area contributed by atoms with Crippen molar-refractivity contribution in [1.82, 2.24) is 0 Å². The van der Waals surface area contributed by atoms with E-state index in [0.717, 1.165) is 30.9 Å². The summed E-state index contributed by atoms with van der Waals surface area (Å²) in [4.78, 5) is 11.1. The molecule has 0 saturated carbocycles. The smallest absolute Gasteiger partial charge is 0.293 e. The van der Waals surface area contributed by atoms with Gasteiger partial charge in [0, 0.05) is 31.9 Å². The second-order valence-electron chi connectivity index (χ2n) is 8.42. The number of benzene rings is 2. The lowest BCUT2D eigenvalue weighted by Crippen LogP contribution is -2.34. The minimum Gasteiger partial charge on any atom is -0.381 e. The van der Waals surface area contributed by atoms with Crippen LogP contribution in [-0.2, 0) is 21.2 Å². The number of hydrogen-bond acceptors (Lipinski definition) is 6. The Hall–Kier alpha value is -2.65. The minimum absolute atomic E-state index is 0.0550. The molecule has 1 saturated heterocycles. The topological polar surface area (TPSA) is 102 Å². The second-order valence-corrected chi connectivity index (χ2v) is 10.3. The fourth-order valence-corrected chi connectivity index (χ4v) is 5.35. The van der Waals surface area contributed by atoms with Gasteiger partial charge in [0.15, 0.2) is 0 Å². The van der Waals surface area contributed by atoms with Crippen molar-refractivity contribution in [1.29, 1.82) is 0 Å². The number of sulfonamides is 1. The minimum atomic E-state index is -3.99. The highest BCUT2D eigenvalue weighted by molar-refractivity contribution is 7.92. The Morgan fingerprint density at radius 3 is 2.38 bits per heavy atom. The van der Waals surface area contributed by atoms with Crippen molar-refractivity contribution in [3.8, 4) is 0 Å². The highest BCUT2D eigenvalue weighted by atomic mass is 32.2. The van der Waals surface area contributed by atoms with E-state index in [-0.39, 0.29) is 29.1 Å². The fourth-order valence-electron chi connectivity index (χ4n) is 3.71. The summed E-state index contributed by atoms with van der Waals surface area (Å²) in [5.41, 5.74) is 1.73. The molecule has 8 nitrogen and oxygen atoms in total. The third kappa shape index (κ3) is 5.58. The molecular formula is C23H31N3O5S. The van der Waals surface area contributed by atoms with Crippen LogP contribution in [0.5, 0.6) is 0 Å². The fraction of sp³-hybridized carbons (Fsp3) is 0.478. The van der Waals surface area contributed by atoms with Crippen molar-refractivity contribution in [3.05, 3.63) is 58.1 Å². The Bertz CT molecular complexity index is 1030. The number of anilines is 2. The maximum atomic E-state index is 13.6. The van der Waals surface area contributed by atoms with E-state index in [0.29, 0.717) is 24.6 Å². The van der Waals surface area contributed by atoms with Gasteiger partial charge in [-0.05, 0) is 55.0 Å². The van der Waals surface area contributed by atoms with Crippen LogP contribution < -0.4 is 9.62 Å². The third-order valence-corrected chi connectivity index (χ3v) is 7.29. The van der Waals surface area contributed by atoms with Gasteiger partial charge in [0.25, 0.3) is 15.7 Å². The summed E-state index contributed by atoms with van der Waals surface area (Å²) in [5.74, 6) is 0.0695. The van der Waals surface area contributed by atoms with E-state index in [2.05, 4.69) is 5.32 Å². The van der Waals surface area contributed by atoms with Crippen LogP contribution in [0.15, 0.2) is 47.4 Å². The van der Waals surface area contributed by atoms with Crippen LogP contribution in [-0.4, -0.2) is 39.1 Å². The largest absolute Gasteiger partial charge is 0.381 e. The highest BCUT2D eigenvalue weighted by Gasteiger charge is 2.29. The van der Waals surface area contributed by atoms with Gasteiger partial charge in [-0.1, -0.05) is 32.9 Å². The molecule has 1 aliphatic rings. The Morgan fingerprint density at radius 2 is 1.81 bits per heavy atom. The van der Waals surface area contributed by atoms with Crippen molar-refractivity contribution in [2.45, 2.75) is 51.0 Å². The van der Waals surface area contributed by atoms with Gasteiger partial charge in [0.1, 0.15) is 5.69 Å². The molecule has 174 valence electrons. The molecule has 0 bridgehead atoms. The van der Waals surface area contributed by atoms with Gasteiger partial charge in [0.2, 0.25) is 0 Å². The van der Waals surface area contributed by atoms with Crippen LogP contribution >= 0.6 is 0 Å². The molecule has 1 aliphatic heterocycles. The standard InChI is InChI=1S/C23H31N3O5S/c1-4-18-5-7-20(8-6-18)25(16-17(2)3)32(29,30)21-9-10-22(23(15-21)26(27)28)24-19-11-13-31-14-12-19/h5-10,15,17,19,24H,4,11-14,16H2,1-3H3. The van der Waals surface area contributed by atoms with E-state index in [1.54, 1.807) is 12.1 Å². The number of nitrogens with one attached hydrogen (secondary N) is 1. The quantitative estimate of drug-likeness (QED) is 0.433. The van der Waals surface area contributed by atoms with E-state index < -0.39 is 14.9 Å². The van der Waals surface area contributed by atoms with E-state index in [1.165, 1.54) is 16.4 Å². The molecule has 2 aromatic carbocycles. The predicted octanol–water partition coefficient (Wildman–Crippen LogP) is 4.60. The summed E-state index contributed by atoms with van der Waals surface area (Å²) in [7, 11) is -3.99. The molecule has 1 heterocycles. The van der Waals surface area contributed by atoms with Crippen molar-refractivity contribution in [2.24, 2.45) is 5.92 Å². The molecule has 0 aromatic heterocycles. The maximum absolute atomic E-state index is 13.6. The van der Waals surface area contributed by atoms with E-state index in [1.807, 2.05) is 32.9 Å². The average Bonchev–Trinajstić information content (AvgIpc) is 2.78. The van der Waals surface area contributed by atoms with E-state index in [9.17, 15) is 18.5 Å². The molecular weight excluding hydrogens is 430 g/mol. The molecule has 0 spiro atoms. The van der Waals surface area contributed by atoms with Crippen molar-refractivity contribution >= 4 is 27.1 Å². The molecule has 0 aliphatic carbocycles. The number of nitro benzene ring substituents is 1. The average molecular weight is 462 g/mol. The first kappa shape index (κ1) is 24.0. The molecule has 0 radical (unpaired) electrons. The zero-order valence-corrected chi connectivity index (χ0v) is 19.6. The Balaban J connectivity index is 1.97. The normalized spacial score (nSPS) is 15.0. The van der Waals surface area contributed by atoms with E-state index >= 15 is 0 Å². The van der Waals surface area contributed by atoms with Crippen molar-refractivity contribution < 1.29 is 18.1 Å². The number of nitro groups is 1. The van der Waals surface area contributed by atoms with Gasteiger partial charge >= 0.3 is 0 Å². The molecule has 1 N–H and O–H groups in total. The van der Waals surface area contributed by atoms with E-state index in [4.69, 9.17) is 4.74 Å². The van der Waals surface area contributed by atoms with Crippen LogP contribution in [0.1, 0.15) is 39.2 Å². The lowest BCUT2D eigenvalue weighted by molar-refractivity contribution is -0.384. The number of ether oxygens (including phenoxy) is 1. The van der Waals surface area contributed by atoms with Gasteiger partial charge in [-0.2, -0.15) is 0 Å². The summed E-state index contributed by atoms with van der Waals surface area (Å²) >= 11 is 0. The van der Waals surface area contributed by atoms with Crippen LogP contribution in [0.3, 0.4) is 0 Å².